The average molecular weight is 409 g/mol. The molecule has 0 aliphatic heterocycles. The highest BCUT2D eigenvalue weighted by Gasteiger charge is 2.77. The lowest BCUT2D eigenvalue weighted by Gasteiger charge is -2.32. The van der Waals surface area contributed by atoms with Crippen molar-refractivity contribution < 1.29 is 40.3 Å². The molecule has 1 aliphatic rings. The second-order valence-electron chi connectivity index (χ2n) is 6.23. The van der Waals surface area contributed by atoms with Crippen LogP contribution in [0.15, 0.2) is 47.6 Å². The lowest BCUT2D eigenvalue weighted by Crippen LogP contribution is -2.60. The van der Waals surface area contributed by atoms with E-state index in [-0.39, 0.29) is 6.42 Å². The van der Waals surface area contributed by atoms with E-state index in [1.807, 2.05) is 0 Å². The first-order chi connectivity index (χ1) is 12.9. The van der Waals surface area contributed by atoms with Gasteiger partial charge in [0.2, 0.25) is 0 Å². The van der Waals surface area contributed by atoms with Crippen LogP contribution in [0.4, 0.5) is 35.1 Å². The Morgan fingerprint density at radius 2 is 1.50 bits per heavy atom. The maximum absolute atomic E-state index is 14.2. The van der Waals surface area contributed by atoms with E-state index in [2.05, 4.69) is 5.16 Å². The molecule has 2 aromatic rings. The van der Waals surface area contributed by atoms with Gasteiger partial charge in [-0.1, -0.05) is 41.6 Å². The van der Waals surface area contributed by atoms with E-state index in [0.29, 0.717) is 11.1 Å². The maximum Gasteiger partial charge on any atom is 0.383 e. The Labute approximate surface area is 153 Å². The minimum absolute atomic E-state index is 0.243. The Morgan fingerprint density at radius 3 is 2.11 bits per heavy atom. The minimum atomic E-state index is -6.50. The molecule has 3 rings (SSSR count). The van der Waals surface area contributed by atoms with Crippen molar-refractivity contribution >= 4 is 5.71 Å². The minimum Gasteiger partial charge on any atom is -0.410 e. The molecular formula is C18H11F8NO. The highest BCUT2D eigenvalue weighted by molar-refractivity contribution is 6.06. The van der Waals surface area contributed by atoms with Gasteiger partial charge in [0.15, 0.2) is 5.71 Å². The fourth-order valence-electron chi connectivity index (χ4n) is 3.09. The molecule has 2 nitrogen and oxygen atoms in total. The third-order valence-electron chi connectivity index (χ3n) is 4.55. The van der Waals surface area contributed by atoms with Gasteiger partial charge in [-0.25, -0.2) is 8.78 Å². The van der Waals surface area contributed by atoms with Crippen molar-refractivity contribution in [2.24, 2.45) is 5.16 Å². The highest BCUT2D eigenvalue weighted by Crippen LogP contribution is 2.50. The van der Waals surface area contributed by atoms with Crippen LogP contribution in [0.3, 0.4) is 0 Å². The van der Waals surface area contributed by atoms with Crippen LogP contribution >= 0.6 is 0 Å². The van der Waals surface area contributed by atoms with Crippen LogP contribution in [0, 0.1) is 0 Å². The summed E-state index contributed by atoms with van der Waals surface area (Å²) in [5.41, 5.74) is -0.323. The van der Waals surface area contributed by atoms with Crippen LogP contribution in [0.2, 0.25) is 0 Å². The highest BCUT2D eigenvalue weighted by atomic mass is 19.4. The molecule has 2 aromatic carbocycles. The average Bonchev–Trinajstić information content (AvgIpc) is 2.99. The molecule has 0 unspecified atom stereocenters. The largest absolute Gasteiger partial charge is 0.410 e. The zero-order chi connectivity index (χ0) is 20.9. The monoisotopic (exact) mass is 409 g/mol. The molecule has 0 spiro atoms. The second kappa shape index (κ2) is 6.46. The van der Waals surface area contributed by atoms with Crippen LogP contribution in [0.25, 0.3) is 11.1 Å². The molecule has 0 fully saturated rings. The molecular weight excluding hydrogens is 398 g/mol. The van der Waals surface area contributed by atoms with Gasteiger partial charge in [0.25, 0.3) is 0 Å². The summed E-state index contributed by atoms with van der Waals surface area (Å²) in [6.45, 7) is 0. The summed E-state index contributed by atoms with van der Waals surface area (Å²) in [5, 5.41) is 10.9. The van der Waals surface area contributed by atoms with Crippen LogP contribution in [-0.2, 0) is 6.42 Å². The molecule has 10 heteroatoms. The van der Waals surface area contributed by atoms with Crippen molar-refractivity contribution in [3.8, 4) is 11.1 Å². The van der Waals surface area contributed by atoms with Gasteiger partial charge in [-0.05, 0) is 34.7 Å². The standard InChI is InChI=1S/C18H11F8NO/c19-15(20)17(23,24)18(25,26)16(21,22)14(27-28)10-5-6-13-11(8-10)7-9-3-1-2-4-12(9)13/h1-6,8,15,28H,7H2. The molecule has 1 N–H and O–H groups in total. The molecule has 0 saturated heterocycles. The van der Waals surface area contributed by atoms with E-state index in [1.165, 1.54) is 6.07 Å². The third-order valence-corrected chi connectivity index (χ3v) is 4.55. The summed E-state index contributed by atoms with van der Waals surface area (Å²) >= 11 is 0. The summed E-state index contributed by atoms with van der Waals surface area (Å²) in [7, 11) is 0. The number of rotatable bonds is 5. The van der Waals surface area contributed by atoms with E-state index in [1.54, 1.807) is 24.3 Å². The van der Waals surface area contributed by atoms with Crippen molar-refractivity contribution in [3.63, 3.8) is 0 Å². The van der Waals surface area contributed by atoms with Gasteiger partial charge in [-0.15, -0.1) is 0 Å². The van der Waals surface area contributed by atoms with Gasteiger partial charge in [0.1, 0.15) is 0 Å². The van der Waals surface area contributed by atoms with Gasteiger partial charge in [0, 0.05) is 5.56 Å². The SMILES string of the molecule is ON=C(c1ccc2c(c1)Cc1ccccc1-2)C(F)(F)C(F)(F)C(F)(F)C(F)F. The van der Waals surface area contributed by atoms with Crippen LogP contribution in [0.1, 0.15) is 16.7 Å². The molecule has 0 amide bonds. The summed E-state index contributed by atoms with van der Waals surface area (Å²) in [6.07, 6.45) is -4.81. The number of hydrogen-bond acceptors (Lipinski definition) is 2. The lowest BCUT2D eigenvalue weighted by molar-refractivity contribution is -0.319. The van der Waals surface area contributed by atoms with E-state index >= 15 is 0 Å². The maximum atomic E-state index is 14.2. The Kier molecular flexibility index (Phi) is 4.63. The van der Waals surface area contributed by atoms with Crippen LogP contribution in [0.5, 0.6) is 0 Å². The number of halogens is 8. The fourth-order valence-corrected chi connectivity index (χ4v) is 3.09. The molecule has 0 aromatic heterocycles. The number of benzene rings is 2. The Balaban J connectivity index is 2.04. The van der Waals surface area contributed by atoms with Crippen molar-refractivity contribution in [1.29, 1.82) is 0 Å². The number of fused-ring (bicyclic) bond motifs is 3. The van der Waals surface area contributed by atoms with Gasteiger partial charge in [-0.3, -0.25) is 0 Å². The Hall–Kier alpha value is -2.65. The summed E-state index contributed by atoms with van der Waals surface area (Å²) < 4.78 is 106. The third kappa shape index (κ3) is 2.73. The smallest absolute Gasteiger partial charge is 0.383 e. The number of oxime groups is 1. The zero-order valence-corrected chi connectivity index (χ0v) is 13.7. The molecule has 28 heavy (non-hydrogen) atoms. The Morgan fingerprint density at radius 1 is 0.893 bits per heavy atom. The second-order valence-corrected chi connectivity index (χ2v) is 6.23. The first-order valence-electron chi connectivity index (χ1n) is 7.81. The predicted octanol–water partition coefficient (Wildman–Crippen LogP) is 5.61. The summed E-state index contributed by atoms with van der Waals surface area (Å²) in [5.74, 6) is -18.7. The van der Waals surface area contributed by atoms with Crippen molar-refractivity contribution in [2.75, 3.05) is 0 Å². The number of alkyl halides is 8. The number of nitrogens with zero attached hydrogens (tertiary/aromatic N) is 1. The van der Waals surface area contributed by atoms with Gasteiger partial charge in [-0.2, -0.15) is 26.3 Å². The van der Waals surface area contributed by atoms with Crippen LogP contribution < -0.4 is 0 Å². The first kappa shape index (κ1) is 20.1. The van der Waals surface area contributed by atoms with Crippen LogP contribution in [-0.4, -0.2) is 35.1 Å². The summed E-state index contributed by atoms with van der Waals surface area (Å²) in [4.78, 5) is 0. The lowest BCUT2D eigenvalue weighted by atomic mass is 9.93. The molecule has 0 atom stereocenters. The zero-order valence-electron chi connectivity index (χ0n) is 13.7. The molecule has 0 bridgehead atoms. The predicted molar refractivity (Wildman–Crippen MR) is 83.9 cm³/mol. The Bertz CT molecular complexity index is 939. The van der Waals surface area contributed by atoms with E-state index in [0.717, 1.165) is 23.3 Å². The molecule has 150 valence electrons. The van der Waals surface area contributed by atoms with Crippen molar-refractivity contribution in [2.45, 2.75) is 30.6 Å². The fraction of sp³-hybridized carbons (Fsp3) is 0.278. The first-order valence-corrected chi connectivity index (χ1v) is 7.81. The number of hydrogen-bond donors (Lipinski definition) is 1. The molecule has 1 aliphatic carbocycles. The van der Waals surface area contributed by atoms with E-state index in [9.17, 15) is 35.1 Å². The molecule has 0 heterocycles. The van der Waals surface area contributed by atoms with Gasteiger partial charge in [0.05, 0.1) is 0 Å². The van der Waals surface area contributed by atoms with Gasteiger partial charge >= 0.3 is 24.2 Å². The van der Waals surface area contributed by atoms with Gasteiger partial charge < -0.3 is 5.21 Å². The van der Waals surface area contributed by atoms with Crippen molar-refractivity contribution in [1.82, 2.24) is 0 Å². The quantitative estimate of drug-likeness (QED) is 0.253. The topological polar surface area (TPSA) is 32.6 Å². The summed E-state index contributed by atoms with van der Waals surface area (Å²) in [6, 6.07) is 10.1. The molecule has 0 saturated carbocycles. The van der Waals surface area contributed by atoms with Crippen molar-refractivity contribution in [3.05, 3.63) is 59.2 Å². The molecule has 0 radical (unpaired) electrons. The van der Waals surface area contributed by atoms with E-state index in [4.69, 9.17) is 5.21 Å². The normalized spacial score (nSPS) is 15.0. The van der Waals surface area contributed by atoms with E-state index < -0.39 is 35.5 Å².